The number of anilines is 1. The van der Waals surface area contributed by atoms with Crippen molar-refractivity contribution in [2.75, 3.05) is 18.4 Å². The number of thiophene rings is 1. The molecule has 1 N–H and O–H groups in total. The van der Waals surface area contributed by atoms with Gasteiger partial charge in [-0.15, -0.1) is 11.3 Å². The van der Waals surface area contributed by atoms with Crippen molar-refractivity contribution in [1.82, 2.24) is 14.5 Å². The van der Waals surface area contributed by atoms with Gasteiger partial charge in [-0.3, -0.25) is 19.0 Å². The Balaban J connectivity index is 1.58. The summed E-state index contributed by atoms with van der Waals surface area (Å²) in [4.78, 5) is 45.6. The first-order valence-corrected chi connectivity index (χ1v) is 11.4. The normalized spacial score (nSPS) is 16.5. The summed E-state index contributed by atoms with van der Waals surface area (Å²) in [6.07, 6.45) is 3.49. The van der Waals surface area contributed by atoms with E-state index in [1.807, 2.05) is 4.90 Å². The Morgan fingerprint density at radius 1 is 1.29 bits per heavy atom. The summed E-state index contributed by atoms with van der Waals surface area (Å²) in [7, 11) is 0. The van der Waals surface area contributed by atoms with Gasteiger partial charge in [0.05, 0.1) is 16.6 Å². The molecule has 1 aliphatic rings. The number of halogens is 1. The maximum atomic E-state index is 13.1. The van der Waals surface area contributed by atoms with Crippen LogP contribution in [0.5, 0.6) is 0 Å². The summed E-state index contributed by atoms with van der Waals surface area (Å²) in [5.74, 6) is 0.0754. The average Bonchev–Trinajstić information content (AvgIpc) is 3.09. The summed E-state index contributed by atoms with van der Waals surface area (Å²) >= 11 is 7.05. The summed E-state index contributed by atoms with van der Waals surface area (Å²) in [5, 5.41) is 3.78. The van der Waals surface area contributed by atoms with Crippen LogP contribution in [0, 0.1) is 12.8 Å². The minimum absolute atomic E-state index is 0.0456. The quantitative estimate of drug-likeness (QED) is 0.642. The predicted molar refractivity (Wildman–Crippen MR) is 123 cm³/mol. The van der Waals surface area contributed by atoms with Crippen molar-refractivity contribution >= 4 is 50.7 Å². The first-order valence-electron chi connectivity index (χ1n) is 10.2. The Morgan fingerprint density at radius 2 is 2.03 bits per heavy atom. The van der Waals surface area contributed by atoms with E-state index in [2.05, 4.69) is 17.2 Å². The number of carbonyl (C=O) groups is 2. The van der Waals surface area contributed by atoms with Gasteiger partial charge in [0.1, 0.15) is 11.4 Å². The molecule has 7 nitrogen and oxygen atoms in total. The van der Waals surface area contributed by atoms with Gasteiger partial charge in [-0.1, -0.05) is 18.5 Å². The maximum absolute atomic E-state index is 13.1. The molecule has 2 aromatic heterocycles. The molecule has 31 heavy (non-hydrogen) atoms. The van der Waals surface area contributed by atoms with Crippen LogP contribution in [0.4, 0.5) is 5.69 Å². The Kier molecular flexibility index (Phi) is 6.11. The Bertz CT molecular complexity index is 1200. The molecule has 1 aliphatic heterocycles. The molecule has 1 saturated heterocycles. The Labute approximate surface area is 188 Å². The van der Waals surface area contributed by atoms with Crippen LogP contribution in [-0.2, 0) is 11.3 Å². The molecular formula is C22H23ClN4O3S. The van der Waals surface area contributed by atoms with E-state index in [0.717, 1.165) is 25.9 Å². The van der Waals surface area contributed by atoms with Crippen LogP contribution < -0.4 is 10.9 Å². The molecule has 0 bridgehead atoms. The average molecular weight is 459 g/mol. The topological polar surface area (TPSA) is 84.3 Å². The van der Waals surface area contributed by atoms with Gasteiger partial charge in [0.25, 0.3) is 11.5 Å². The van der Waals surface area contributed by atoms with E-state index in [4.69, 9.17) is 11.6 Å². The molecule has 0 aliphatic carbocycles. The van der Waals surface area contributed by atoms with Crippen molar-refractivity contribution in [1.29, 1.82) is 0 Å². The SMILES string of the molecule is Cc1c(C(=O)Nc2ccc(Cl)cc2)sc2ncn(CC(=O)N3CCC[C@@H](C)C3)c(=O)c12. The van der Waals surface area contributed by atoms with Crippen molar-refractivity contribution in [3.8, 4) is 0 Å². The van der Waals surface area contributed by atoms with Crippen molar-refractivity contribution in [3.05, 3.63) is 56.4 Å². The smallest absolute Gasteiger partial charge is 0.266 e. The van der Waals surface area contributed by atoms with Crippen LogP contribution in [0.2, 0.25) is 5.02 Å². The number of fused-ring (bicyclic) bond motifs is 1. The number of carbonyl (C=O) groups excluding carboxylic acids is 2. The molecule has 0 radical (unpaired) electrons. The minimum atomic E-state index is -0.313. The zero-order valence-corrected chi connectivity index (χ0v) is 18.9. The molecule has 0 saturated carbocycles. The first kappa shape index (κ1) is 21.5. The predicted octanol–water partition coefficient (Wildman–Crippen LogP) is 3.93. The highest BCUT2D eigenvalue weighted by atomic mass is 35.5. The van der Waals surface area contributed by atoms with Crippen LogP contribution in [0.25, 0.3) is 10.2 Å². The van der Waals surface area contributed by atoms with Gasteiger partial charge in [0, 0.05) is 23.8 Å². The molecule has 9 heteroatoms. The standard InChI is InChI=1S/C22H23ClN4O3S/c1-13-4-3-9-26(10-13)17(28)11-27-12-24-21-18(22(27)30)14(2)19(31-21)20(29)25-16-7-5-15(23)6-8-16/h5-8,12-13H,3-4,9-11H2,1-2H3,(H,25,29)/t13-/m1/s1. The number of aromatic nitrogens is 2. The molecule has 3 heterocycles. The largest absolute Gasteiger partial charge is 0.341 e. The minimum Gasteiger partial charge on any atom is -0.341 e. The lowest BCUT2D eigenvalue weighted by atomic mass is 10.0. The van der Waals surface area contributed by atoms with Gasteiger partial charge in [0.2, 0.25) is 5.91 Å². The third kappa shape index (κ3) is 4.50. The number of benzene rings is 1. The van der Waals surface area contributed by atoms with Gasteiger partial charge in [-0.05, 0) is 55.5 Å². The summed E-state index contributed by atoms with van der Waals surface area (Å²) in [6, 6.07) is 6.80. The lowest BCUT2D eigenvalue weighted by Crippen LogP contribution is -2.42. The van der Waals surface area contributed by atoms with Gasteiger partial charge < -0.3 is 10.2 Å². The second kappa shape index (κ2) is 8.80. The van der Waals surface area contributed by atoms with Gasteiger partial charge in [-0.25, -0.2) is 4.98 Å². The highest BCUT2D eigenvalue weighted by Gasteiger charge is 2.23. The summed E-state index contributed by atoms with van der Waals surface area (Å²) in [6.45, 7) is 5.26. The van der Waals surface area contributed by atoms with Crippen LogP contribution in [0.3, 0.4) is 0 Å². The lowest BCUT2D eigenvalue weighted by Gasteiger charge is -2.31. The van der Waals surface area contributed by atoms with Crippen molar-refractivity contribution in [2.45, 2.75) is 33.2 Å². The van der Waals surface area contributed by atoms with Gasteiger partial charge in [-0.2, -0.15) is 0 Å². The number of hydrogen-bond acceptors (Lipinski definition) is 5. The maximum Gasteiger partial charge on any atom is 0.266 e. The van der Waals surface area contributed by atoms with E-state index in [0.29, 0.717) is 37.3 Å². The number of rotatable bonds is 4. The highest BCUT2D eigenvalue weighted by Crippen LogP contribution is 2.28. The zero-order chi connectivity index (χ0) is 22.1. The number of likely N-dealkylation sites (tertiary alicyclic amines) is 1. The third-order valence-electron chi connectivity index (χ3n) is 5.54. The van der Waals surface area contributed by atoms with Gasteiger partial charge in [0.15, 0.2) is 0 Å². The lowest BCUT2D eigenvalue weighted by molar-refractivity contribution is -0.133. The monoisotopic (exact) mass is 458 g/mol. The molecule has 3 aromatic rings. The molecule has 1 aromatic carbocycles. The van der Waals surface area contributed by atoms with E-state index in [1.54, 1.807) is 31.2 Å². The fourth-order valence-electron chi connectivity index (χ4n) is 3.87. The number of hydrogen-bond donors (Lipinski definition) is 1. The molecule has 4 rings (SSSR count). The molecule has 0 spiro atoms. The fourth-order valence-corrected chi connectivity index (χ4v) is 5.03. The van der Waals surface area contributed by atoms with E-state index in [9.17, 15) is 14.4 Å². The molecule has 1 fully saturated rings. The zero-order valence-electron chi connectivity index (χ0n) is 17.4. The Hall–Kier alpha value is -2.71. The second-order valence-electron chi connectivity index (χ2n) is 7.96. The fraction of sp³-hybridized carbons (Fsp3) is 0.364. The van der Waals surface area contributed by atoms with Crippen molar-refractivity contribution < 1.29 is 9.59 Å². The van der Waals surface area contributed by atoms with Gasteiger partial charge >= 0.3 is 0 Å². The molecular weight excluding hydrogens is 436 g/mol. The van der Waals surface area contributed by atoms with Crippen LogP contribution in [-0.4, -0.2) is 39.4 Å². The number of piperidine rings is 1. The number of amides is 2. The molecule has 0 unspecified atom stereocenters. The molecule has 162 valence electrons. The molecule has 2 amide bonds. The first-order chi connectivity index (χ1) is 14.8. The van der Waals surface area contributed by atoms with Crippen LogP contribution in [0.1, 0.15) is 35.0 Å². The third-order valence-corrected chi connectivity index (χ3v) is 6.99. The van der Waals surface area contributed by atoms with Crippen LogP contribution in [0.15, 0.2) is 35.4 Å². The summed E-state index contributed by atoms with van der Waals surface area (Å²) < 4.78 is 1.34. The van der Waals surface area contributed by atoms with E-state index < -0.39 is 0 Å². The van der Waals surface area contributed by atoms with E-state index in [1.165, 1.54) is 22.2 Å². The Morgan fingerprint density at radius 3 is 2.74 bits per heavy atom. The number of aryl methyl sites for hydroxylation is 1. The molecule has 1 atom stereocenters. The van der Waals surface area contributed by atoms with Crippen molar-refractivity contribution in [3.63, 3.8) is 0 Å². The summed E-state index contributed by atoms with van der Waals surface area (Å²) in [5.41, 5.74) is 0.873. The highest BCUT2D eigenvalue weighted by molar-refractivity contribution is 7.20. The van der Waals surface area contributed by atoms with Crippen LogP contribution >= 0.6 is 22.9 Å². The number of nitrogens with zero attached hydrogens (tertiary/aromatic N) is 3. The van der Waals surface area contributed by atoms with Crippen molar-refractivity contribution in [2.24, 2.45) is 5.92 Å². The second-order valence-corrected chi connectivity index (χ2v) is 9.40. The van der Waals surface area contributed by atoms with E-state index >= 15 is 0 Å². The van der Waals surface area contributed by atoms with E-state index in [-0.39, 0.29) is 23.9 Å². The number of nitrogens with one attached hydrogen (secondary N) is 1.